The number of piperazine rings is 1. The lowest BCUT2D eigenvalue weighted by molar-refractivity contribution is -0.0120. The van der Waals surface area contributed by atoms with Crippen molar-refractivity contribution in [2.24, 2.45) is 23.7 Å². The molecule has 32 heavy (non-hydrogen) atoms. The Hall–Kier alpha value is -2.63. The molecule has 1 amide bonds. The van der Waals surface area contributed by atoms with Crippen LogP contribution in [-0.4, -0.2) is 43.1 Å². The number of nitrogens with zero attached hydrogens (tertiary/aromatic N) is 3. The van der Waals surface area contributed by atoms with Crippen molar-refractivity contribution in [2.75, 3.05) is 36.0 Å². The van der Waals surface area contributed by atoms with Gasteiger partial charge in [-0.2, -0.15) is 0 Å². The average Bonchev–Trinajstić information content (AvgIpc) is 2.81. The van der Waals surface area contributed by atoms with E-state index in [4.69, 9.17) is 4.98 Å². The number of anilines is 2. The molecule has 4 bridgehead atoms. The van der Waals surface area contributed by atoms with Crippen LogP contribution in [0.5, 0.6) is 0 Å². The van der Waals surface area contributed by atoms with Crippen LogP contribution in [0, 0.1) is 29.5 Å². The molecule has 0 spiro atoms. The maximum atomic E-state index is 13.2. The number of hydrogen-bond acceptors (Lipinski definition) is 4. The number of benzene rings is 1. The molecule has 1 saturated heterocycles. The van der Waals surface area contributed by atoms with E-state index in [0.29, 0.717) is 23.6 Å². The molecule has 1 aliphatic heterocycles. The normalized spacial score (nSPS) is 31.1. The van der Waals surface area contributed by atoms with Crippen molar-refractivity contribution in [1.29, 1.82) is 0 Å². The van der Waals surface area contributed by atoms with Crippen LogP contribution in [0.25, 0.3) is 0 Å². The van der Waals surface area contributed by atoms with E-state index in [0.717, 1.165) is 49.5 Å². The number of amides is 1. The average molecular weight is 435 g/mol. The molecule has 2 aromatic rings. The van der Waals surface area contributed by atoms with Crippen LogP contribution in [0.3, 0.4) is 0 Å². The number of carbonyl (C=O) groups excluding carboxylic acids is 1. The van der Waals surface area contributed by atoms with E-state index in [-0.39, 0.29) is 11.7 Å². The Morgan fingerprint density at radius 1 is 0.844 bits per heavy atom. The summed E-state index contributed by atoms with van der Waals surface area (Å²) in [5, 5.41) is 3.38. The van der Waals surface area contributed by atoms with Crippen LogP contribution in [0.15, 0.2) is 42.5 Å². The highest BCUT2D eigenvalue weighted by Gasteiger charge is 2.48. The zero-order valence-corrected chi connectivity index (χ0v) is 18.4. The van der Waals surface area contributed by atoms with Crippen molar-refractivity contribution in [3.8, 4) is 0 Å². The second kappa shape index (κ2) is 8.05. The van der Waals surface area contributed by atoms with Crippen molar-refractivity contribution in [3.05, 3.63) is 54.0 Å². The smallest absolute Gasteiger partial charge is 0.270 e. The summed E-state index contributed by atoms with van der Waals surface area (Å²) in [5.41, 5.74) is 1.57. The number of rotatable bonds is 4. The summed E-state index contributed by atoms with van der Waals surface area (Å²) < 4.78 is 13.2. The lowest BCUT2D eigenvalue weighted by Gasteiger charge is -2.54. The van der Waals surface area contributed by atoms with Gasteiger partial charge < -0.3 is 15.1 Å². The van der Waals surface area contributed by atoms with Crippen LogP contribution in [0.2, 0.25) is 0 Å². The number of pyridine rings is 1. The van der Waals surface area contributed by atoms with Gasteiger partial charge in [0.2, 0.25) is 0 Å². The number of aromatic nitrogens is 1. The molecule has 5 aliphatic rings. The zero-order chi connectivity index (χ0) is 21.7. The lowest BCUT2D eigenvalue weighted by atomic mass is 9.54. The summed E-state index contributed by atoms with van der Waals surface area (Å²) >= 11 is 0. The minimum Gasteiger partial charge on any atom is -0.368 e. The van der Waals surface area contributed by atoms with Gasteiger partial charge in [0.15, 0.2) is 0 Å². The number of nitrogens with one attached hydrogen (secondary N) is 1. The number of hydrogen-bond donors (Lipinski definition) is 1. The third-order valence-electron chi connectivity index (χ3n) is 8.29. The van der Waals surface area contributed by atoms with Crippen molar-refractivity contribution in [3.63, 3.8) is 0 Å². The molecule has 1 N–H and O–H groups in total. The quantitative estimate of drug-likeness (QED) is 0.787. The second-order valence-corrected chi connectivity index (χ2v) is 10.3. The third kappa shape index (κ3) is 3.74. The Morgan fingerprint density at radius 2 is 1.47 bits per heavy atom. The Balaban J connectivity index is 1.10. The predicted octanol–water partition coefficient (Wildman–Crippen LogP) is 4.10. The first kappa shape index (κ1) is 20.0. The summed E-state index contributed by atoms with van der Waals surface area (Å²) in [6.45, 7) is 3.34. The summed E-state index contributed by atoms with van der Waals surface area (Å²) in [4.78, 5) is 22.3. The molecule has 4 aliphatic carbocycles. The van der Waals surface area contributed by atoms with Gasteiger partial charge in [-0.15, -0.1) is 0 Å². The number of halogens is 1. The molecule has 1 aromatic carbocycles. The Bertz CT molecular complexity index is 958. The molecular formula is C26H31FN4O. The van der Waals surface area contributed by atoms with Crippen LogP contribution in [0.1, 0.15) is 42.6 Å². The van der Waals surface area contributed by atoms with E-state index in [9.17, 15) is 9.18 Å². The second-order valence-electron chi connectivity index (χ2n) is 10.3. The first-order valence-corrected chi connectivity index (χ1v) is 12.2. The maximum absolute atomic E-state index is 13.2. The highest BCUT2D eigenvalue weighted by molar-refractivity contribution is 5.93. The van der Waals surface area contributed by atoms with Gasteiger partial charge in [0.1, 0.15) is 17.3 Å². The number of carbonyl (C=O) groups is 1. The molecule has 4 saturated carbocycles. The van der Waals surface area contributed by atoms with Gasteiger partial charge in [-0.25, -0.2) is 9.37 Å². The van der Waals surface area contributed by atoms with Gasteiger partial charge in [-0.1, -0.05) is 6.07 Å². The van der Waals surface area contributed by atoms with Crippen LogP contribution in [-0.2, 0) is 0 Å². The Labute approximate surface area is 189 Å². The van der Waals surface area contributed by atoms with E-state index >= 15 is 0 Å². The van der Waals surface area contributed by atoms with E-state index in [1.165, 1.54) is 44.2 Å². The standard InChI is InChI=1S/C26H31FN4O/c27-21-4-6-22(7-5-21)30-8-10-31(11-9-30)24-3-1-2-23(28-24)26(32)29-25-19-13-17-12-18(15-19)16-20(25)14-17/h1-7,17-20,25H,8-16H2,(H,29,32). The van der Waals surface area contributed by atoms with Crippen LogP contribution >= 0.6 is 0 Å². The van der Waals surface area contributed by atoms with Gasteiger partial charge >= 0.3 is 0 Å². The molecule has 5 fully saturated rings. The fourth-order valence-corrected chi connectivity index (χ4v) is 6.96. The largest absolute Gasteiger partial charge is 0.368 e. The van der Waals surface area contributed by atoms with E-state index in [2.05, 4.69) is 15.1 Å². The Morgan fingerprint density at radius 3 is 2.12 bits per heavy atom. The minimum atomic E-state index is -0.208. The fourth-order valence-electron chi connectivity index (χ4n) is 6.96. The fraction of sp³-hybridized carbons (Fsp3) is 0.538. The first-order chi connectivity index (χ1) is 15.6. The maximum Gasteiger partial charge on any atom is 0.270 e. The first-order valence-electron chi connectivity index (χ1n) is 12.2. The van der Waals surface area contributed by atoms with Crippen molar-refractivity contribution >= 4 is 17.4 Å². The highest BCUT2D eigenvalue weighted by Crippen LogP contribution is 2.53. The lowest BCUT2D eigenvalue weighted by Crippen LogP contribution is -2.55. The van der Waals surface area contributed by atoms with Gasteiger partial charge in [0, 0.05) is 37.9 Å². The van der Waals surface area contributed by atoms with E-state index < -0.39 is 0 Å². The van der Waals surface area contributed by atoms with Crippen molar-refractivity contribution in [2.45, 2.75) is 38.1 Å². The monoisotopic (exact) mass is 434 g/mol. The molecule has 1 aromatic heterocycles. The molecule has 5 nitrogen and oxygen atoms in total. The van der Waals surface area contributed by atoms with Crippen LogP contribution < -0.4 is 15.1 Å². The molecule has 2 heterocycles. The van der Waals surface area contributed by atoms with Gasteiger partial charge in [0.05, 0.1) is 0 Å². The minimum absolute atomic E-state index is 0.0192. The molecule has 0 radical (unpaired) electrons. The topological polar surface area (TPSA) is 48.5 Å². The van der Waals surface area contributed by atoms with Gasteiger partial charge in [-0.3, -0.25) is 4.79 Å². The van der Waals surface area contributed by atoms with Crippen molar-refractivity contribution in [1.82, 2.24) is 10.3 Å². The van der Waals surface area contributed by atoms with Crippen molar-refractivity contribution < 1.29 is 9.18 Å². The van der Waals surface area contributed by atoms with Crippen LogP contribution in [0.4, 0.5) is 15.9 Å². The molecule has 6 heteroatoms. The summed E-state index contributed by atoms with van der Waals surface area (Å²) in [7, 11) is 0. The SMILES string of the molecule is O=C(NC1C2CC3CC(C2)CC1C3)c1cccc(N2CCN(c3ccc(F)cc3)CC2)n1. The summed E-state index contributed by atoms with van der Waals surface area (Å²) in [5.74, 6) is 3.77. The molecule has 168 valence electrons. The summed E-state index contributed by atoms with van der Waals surface area (Å²) in [6.07, 6.45) is 6.60. The molecule has 0 atom stereocenters. The van der Waals surface area contributed by atoms with E-state index in [1.807, 2.05) is 30.3 Å². The third-order valence-corrected chi connectivity index (χ3v) is 8.29. The van der Waals surface area contributed by atoms with Gasteiger partial charge in [0.25, 0.3) is 5.91 Å². The molecule has 0 unspecified atom stereocenters. The predicted molar refractivity (Wildman–Crippen MR) is 123 cm³/mol. The highest BCUT2D eigenvalue weighted by atomic mass is 19.1. The zero-order valence-electron chi connectivity index (χ0n) is 18.4. The molecule has 7 rings (SSSR count). The van der Waals surface area contributed by atoms with E-state index in [1.54, 1.807) is 0 Å². The Kier molecular flexibility index (Phi) is 5.04. The summed E-state index contributed by atoms with van der Waals surface area (Å²) in [6, 6.07) is 12.8. The molecular weight excluding hydrogens is 403 g/mol. The van der Waals surface area contributed by atoms with Gasteiger partial charge in [-0.05, 0) is 92.2 Å².